The Morgan fingerprint density at radius 1 is 1.48 bits per heavy atom. The third kappa shape index (κ3) is 6.20. The fraction of sp³-hybridized carbons (Fsp3) is 0.933. The van der Waals surface area contributed by atoms with E-state index in [9.17, 15) is 0 Å². The van der Waals surface area contributed by atoms with Gasteiger partial charge in [-0.1, -0.05) is 0 Å². The molecule has 1 aliphatic rings. The number of nitrogens with zero attached hydrogens (tertiary/aromatic N) is 2. The molecule has 2 N–H and O–H groups in total. The molecule has 1 saturated heterocycles. The van der Waals surface area contributed by atoms with Crippen molar-refractivity contribution in [1.82, 2.24) is 15.5 Å². The van der Waals surface area contributed by atoms with E-state index < -0.39 is 0 Å². The van der Waals surface area contributed by atoms with Gasteiger partial charge >= 0.3 is 0 Å². The van der Waals surface area contributed by atoms with Gasteiger partial charge in [-0.25, -0.2) is 0 Å². The minimum absolute atomic E-state index is 0.206. The summed E-state index contributed by atoms with van der Waals surface area (Å²) in [6.07, 6.45) is 0. The number of aliphatic imine (C=N–C) groups is 1. The minimum atomic E-state index is -0.206. The van der Waals surface area contributed by atoms with E-state index >= 15 is 0 Å². The molecule has 0 bridgehead atoms. The van der Waals surface area contributed by atoms with Crippen molar-refractivity contribution < 1.29 is 9.47 Å². The van der Waals surface area contributed by atoms with Crippen LogP contribution in [0.3, 0.4) is 0 Å². The number of hydrogen-bond donors (Lipinski definition) is 2. The van der Waals surface area contributed by atoms with Gasteiger partial charge in [0.25, 0.3) is 0 Å². The predicted molar refractivity (Wildman–Crippen MR) is 86.9 cm³/mol. The van der Waals surface area contributed by atoms with Crippen molar-refractivity contribution in [2.45, 2.75) is 45.4 Å². The Hall–Kier alpha value is -0.850. The average molecular weight is 300 g/mol. The lowest BCUT2D eigenvalue weighted by molar-refractivity contribution is -0.0174. The maximum atomic E-state index is 5.49. The molecule has 0 radical (unpaired) electrons. The lowest BCUT2D eigenvalue weighted by Crippen LogP contribution is -2.53. The Bertz CT molecular complexity index is 334. The second-order valence-electron chi connectivity index (χ2n) is 6.28. The van der Waals surface area contributed by atoms with E-state index in [1.165, 1.54) is 0 Å². The van der Waals surface area contributed by atoms with Crippen molar-refractivity contribution in [1.29, 1.82) is 0 Å². The van der Waals surface area contributed by atoms with Gasteiger partial charge in [-0.05, 0) is 27.7 Å². The summed E-state index contributed by atoms with van der Waals surface area (Å²) >= 11 is 0. The summed E-state index contributed by atoms with van der Waals surface area (Å²) in [6.45, 7) is 12.8. The van der Waals surface area contributed by atoms with Crippen LogP contribution in [0.1, 0.15) is 27.7 Å². The summed E-state index contributed by atoms with van der Waals surface area (Å²) in [5.41, 5.74) is -0.206. The molecule has 6 heteroatoms. The van der Waals surface area contributed by atoms with Gasteiger partial charge in [0.1, 0.15) is 0 Å². The van der Waals surface area contributed by atoms with Crippen LogP contribution in [0.25, 0.3) is 0 Å². The molecule has 1 fully saturated rings. The Morgan fingerprint density at radius 3 is 2.76 bits per heavy atom. The van der Waals surface area contributed by atoms with Crippen LogP contribution in [0.4, 0.5) is 0 Å². The zero-order valence-corrected chi connectivity index (χ0v) is 14.4. The third-order valence-corrected chi connectivity index (χ3v) is 4.01. The zero-order valence-electron chi connectivity index (χ0n) is 14.4. The first-order valence-corrected chi connectivity index (χ1v) is 7.73. The van der Waals surface area contributed by atoms with E-state index in [1.54, 1.807) is 14.2 Å². The molecule has 2 unspecified atom stereocenters. The van der Waals surface area contributed by atoms with Crippen molar-refractivity contribution in [2.75, 3.05) is 47.0 Å². The quantitative estimate of drug-likeness (QED) is 0.558. The number of nitrogens with one attached hydrogen (secondary N) is 2. The van der Waals surface area contributed by atoms with Crippen molar-refractivity contribution in [3.05, 3.63) is 0 Å². The van der Waals surface area contributed by atoms with Crippen molar-refractivity contribution >= 4 is 5.96 Å². The first kappa shape index (κ1) is 18.2. The number of guanidine groups is 1. The number of ether oxygens (including phenoxy) is 2. The average Bonchev–Trinajstić information content (AvgIpc) is 2.47. The number of rotatable bonds is 6. The van der Waals surface area contributed by atoms with Crippen LogP contribution in [0, 0.1) is 0 Å². The van der Waals surface area contributed by atoms with Crippen LogP contribution in [0.2, 0.25) is 0 Å². The zero-order chi connectivity index (χ0) is 15.9. The summed E-state index contributed by atoms with van der Waals surface area (Å²) in [7, 11) is 3.51. The maximum Gasteiger partial charge on any atom is 0.191 e. The molecule has 1 heterocycles. The van der Waals surface area contributed by atoms with E-state index in [-0.39, 0.29) is 5.60 Å². The van der Waals surface area contributed by atoms with E-state index in [4.69, 9.17) is 9.47 Å². The topological polar surface area (TPSA) is 58.1 Å². The monoisotopic (exact) mass is 300 g/mol. The van der Waals surface area contributed by atoms with Crippen molar-refractivity contribution in [2.24, 2.45) is 4.99 Å². The fourth-order valence-corrected chi connectivity index (χ4v) is 2.35. The molecule has 0 spiro atoms. The SMILES string of the molecule is CN=C(NCC(C)N1CCOCC1C)NCC(C)(C)OC. The largest absolute Gasteiger partial charge is 0.379 e. The van der Waals surface area contributed by atoms with Crippen LogP contribution in [-0.4, -0.2) is 75.5 Å². The Labute approximate surface area is 129 Å². The molecular weight excluding hydrogens is 268 g/mol. The van der Waals surface area contributed by atoms with Gasteiger partial charge in [-0.3, -0.25) is 9.89 Å². The number of morpholine rings is 1. The molecule has 0 aromatic heterocycles. The van der Waals surface area contributed by atoms with Crippen molar-refractivity contribution in [3.8, 4) is 0 Å². The molecule has 0 aliphatic carbocycles. The van der Waals surface area contributed by atoms with Crippen molar-refractivity contribution in [3.63, 3.8) is 0 Å². The van der Waals surface area contributed by atoms with Gasteiger partial charge in [-0.2, -0.15) is 0 Å². The smallest absolute Gasteiger partial charge is 0.191 e. The summed E-state index contributed by atoms with van der Waals surface area (Å²) in [5.74, 6) is 0.813. The Kier molecular flexibility index (Phi) is 7.42. The van der Waals surface area contributed by atoms with Crippen LogP contribution in [0.5, 0.6) is 0 Å². The summed E-state index contributed by atoms with van der Waals surface area (Å²) in [6, 6.07) is 0.913. The molecule has 6 nitrogen and oxygen atoms in total. The maximum absolute atomic E-state index is 5.49. The molecule has 1 rings (SSSR count). The molecule has 2 atom stereocenters. The van der Waals surface area contributed by atoms with Crippen LogP contribution < -0.4 is 10.6 Å². The van der Waals surface area contributed by atoms with Gasteiger partial charge < -0.3 is 20.1 Å². The molecule has 0 amide bonds. The van der Waals surface area contributed by atoms with Gasteiger partial charge in [0.05, 0.1) is 18.8 Å². The van der Waals surface area contributed by atoms with E-state index in [1.807, 2.05) is 13.8 Å². The van der Waals surface area contributed by atoms with Crippen LogP contribution >= 0.6 is 0 Å². The number of methoxy groups -OCH3 is 1. The number of hydrogen-bond acceptors (Lipinski definition) is 4. The van der Waals surface area contributed by atoms with Gasteiger partial charge in [0, 0.05) is 45.9 Å². The summed E-state index contributed by atoms with van der Waals surface area (Å²) in [5, 5.41) is 6.69. The van der Waals surface area contributed by atoms with Gasteiger partial charge in [-0.15, -0.1) is 0 Å². The molecule has 124 valence electrons. The highest BCUT2D eigenvalue weighted by atomic mass is 16.5. The normalized spacial score (nSPS) is 23.0. The third-order valence-electron chi connectivity index (χ3n) is 4.01. The lowest BCUT2D eigenvalue weighted by atomic mass is 10.1. The first-order chi connectivity index (χ1) is 9.89. The molecule has 21 heavy (non-hydrogen) atoms. The minimum Gasteiger partial charge on any atom is -0.379 e. The Morgan fingerprint density at radius 2 is 2.19 bits per heavy atom. The van der Waals surface area contributed by atoms with E-state index in [0.717, 1.165) is 32.3 Å². The molecule has 0 aromatic carbocycles. The predicted octanol–water partition coefficient (Wildman–Crippen LogP) is 0.686. The highest BCUT2D eigenvalue weighted by Gasteiger charge is 2.23. The van der Waals surface area contributed by atoms with Gasteiger partial charge in [0.15, 0.2) is 5.96 Å². The summed E-state index contributed by atoms with van der Waals surface area (Å²) < 4.78 is 10.9. The Balaban J connectivity index is 2.37. The molecule has 1 aliphatic heterocycles. The first-order valence-electron chi connectivity index (χ1n) is 7.73. The molecule has 0 aromatic rings. The van der Waals surface area contributed by atoms with Crippen LogP contribution in [0.15, 0.2) is 4.99 Å². The van der Waals surface area contributed by atoms with E-state index in [0.29, 0.717) is 18.6 Å². The standard InChI is InChI=1S/C15H32N4O2/c1-12(19-7-8-21-10-13(19)2)9-17-14(16-5)18-11-15(3,4)20-6/h12-13H,7-11H2,1-6H3,(H2,16,17,18). The summed E-state index contributed by atoms with van der Waals surface area (Å²) in [4.78, 5) is 6.73. The molecule has 0 saturated carbocycles. The second-order valence-corrected chi connectivity index (χ2v) is 6.28. The fourth-order valence-electron chi connectivity index (χ4n) is 2.35. The second kappa shape index (κ2) is 8.56. The van der Waals surface area contributed by atoms with E-state index in [2.05, 4.69) is 34.4 Å². The van der Waals surface area contributed by atoms with Crippen LogP contribution in [-0.2, 0) is 9.47 Å². The molecular formula is C15H32N4O2. The van der Waals surface area contributed by atoms with Gasteiger partial charge in [0.2, 0.25) is 0 Å². The highest BCUT2D eigenvalue weighted by molar-refractivity contribution is 5.79. The lowest BCUT2D eigenvalue weighted by Gasteiger charge is -2.38. The highest BCUT2D eigenvalue weighted by Crippen LogP contribution is 2.10.